The van der Waals surface area contributed by atoms with Gasteiger partial charge in [0.25, 0.3) is 5.69 Å². The van der Waals surface area contributed by atoms with E-state index in [4.69, 9.17) is 4.74 Å². The Labute approximate surface area is 125 Å². The minimum Gasteiger partial charge on any atom is -0.423 e. The number of carbonyl (C=O) groups is 2. The second kappa shape index (κ2) is 6.49. The van der Waals surface area contributed by atoms with E-state index in [-0.39, 0.29) is 22.9 Å². The second-order valence-corrected chi connectivity index (χ2v) is 4.37. The summed E-state index contributed by atoms with van der Waals surface area (Å²) < 4.78 is 5.10. The van der Waals surface area contributed by atoms with Crippen molar-refractivity contribution in [3.8, 4) is 5.75 Å². The SMILES string of the molecule is CC(=O)Nc1ccc([N+](=O)[O-])c(C(=O)Oc2ccccc2)c1. The number of hydrogen-bond acceptors (Lipinski definition) is 5. The Hall–Kier alpha value is -3.22. The lowest BCUT2D eigenvalue weighted by atomic mass is 10.1. The van der Waals surface area contributed by atoms with Crippen LogP contribution in [0.5, 0.6) is 5.75 Å². The maximum atomic E-state index is 12.1. The summed E-state index contributed by atoms with van der Waals surface area (Å²) in [6.45, 7) is 1.30. The normalized spacial score (nSPS) is 9.86. The summed E-state index contributed by atoms with van der Waals surface area (Å²) in [6.07, 6.45) is 0. The first-order valence-electron chi connectivity index (χ1n) is 6.30. The van der Waals surface area contributed by atoms with Gasteiger partial charge in [0.1, 0.15) is 11.3 Å². The van der Waals surface area contributed by atoms with Gasteiger partial charge >= 0.3 is 5.97 Å². The molecule has 0 fully saturated rings. The largest absolute Gasteiger partial charge is 0.423 e. The van der Waals surface area contributed by atoms with Gasteiger partial charge in [0, 0.05) is 18.7 Å². The van der Waals surface area contributed by atoms with Crippen LogP contribution < -0.4 is 10.1 Å². The summed E-state index contributed by atoms with van der Waals surface area (Å²) in [5, 5.41) is 13.5. The average Bonchev–Trinajstić information content (AvgIpc) is 2.47. The molecule has 7 heteroatoms. The average molecular weight is 300 g/mol. The number of nitrogens with one attached hydrogen (secondary N) is 1. The summed E-state index contributed by atoms with van der Waals surface area (Å²) in [6, 6.07) is 11.9. The molecule has 0 aliphatic carbocycles. The molecule has 2 aromatic rings. The molecule has 0 heterocycles. The first-order valence-corrected chi connectivity index (χ1v) is 6.30. The number of rotatable bonds is 4. The van der Waals surface area contributed by atoms with Crippen LogP contribution in [0.15, 0.2) is 48.5 Å². The van der Waals surface area contributed by atoms with Crippen LogP contribution in [0.2, 0.25) is 0 Å². The number of nitro benzene ring substituents is 1. The fourth-order valence-electron chi connectivity index (χ4n) is 1.79. The molecule has 0 aliphatic rings. The fraction of sp³-hybridized carbons (Fsp3) is 0.0667. The van der Waals surface area contributed by atoms with E-state index in [0.717, 1.165) is 6.07 Å². The highest BCUT2D eigenvalue weighted by Crippen LogP contribution is 2.24. The van der Waals surface area contributed by atoms with Crippen LogP contribution in [0.25, 0.3) is 0 Å². The topological polar surface area (TPSA) is 98.5 Å². The molecule has 0 unspecified atom stereocenters. The standard InChI is InChI=1S/C15H12N2O5/c1-10(18)16-11-7-8-14(17(20)21)13(9-11)15(19)22-12-5-3-2-4-6-12/h2-9H,1H3,(H,16,18). The Balaban J connectivity index is 2.35. The molecule has 2 aromatic carbocycles. The lowest BCUT2D eigenvalue weighted by Crippen LogP contribution is -2.13. The second-order valence-electron chi connectivity index (χ2n) is 4.37. The predicted octanol–water partition coefficient (Wildman–Crippen LogP) is 2.77. The molecular formula is C15H12N2O5. The Bertz CT molecular complexity index is 728. The highest BCUT2D eigenvalue weighted by Gasteiger charge is 2.22. The van der Waals surface area contributed by atoms with E-state index in [1.54, 1.807) is 30.3 Å². The van der Waals surface area contributed by atoms with Crippen molar-refractivity contribution in [1.82, 2.24) is 0 Å². The van der Waals surface area contributed by atoms with Crippen molar-refractivity contribution in [3.05, 3.63) is 64.2 Å². The number of benzene rings is 2. The van der Waals surface area contributed by atoms with Gasteiger partial charge in [0.2, 0.25) is 5.91 Å². The molecule has 22 heavy (non-hydrogen) atoms. The van der Waals surface area contributed by atoms with Gasteiger partial charge in [-0.15, -0.1) is 0 Å². The van der Waals surface area contributed by atoms with Gasteiger partial charge in [0.05, 0.1) is 4.92 Å². The van der Waals surface area contributed by atoms with E-state index in [9.17, 15) is 19.7 Å². The lowest BCUT2D eigenvalue weighted by Gasteiger charge is -2.07. The monoisotopic (exact) mass is 300 g/mol. The number of hydrogen-bond donors (Lipinski definition) is 1. The molecule has 0 radical (unpaired) electrons. The van der Waals surface area contributed by atoms with Crippen molar-refractivity contribution in [2.45, 2.75) is 6.92 Å². The zero-order valence-electron chi connectivity index (χ0n) is 11.6. The van der Waals surface area contributed by atoms with E-state index in [1.165, 1.54) is 19.1 Å². The van der Waals surface area contributed by atoms with E-state index < -0.39 is 16.6 Å². The third-order valence-electron chi connectivity index (χ3n) is 2.69. The highest BCUT2D eigenvalue weighted by molar-refractivity contribution is 5.98. The summed E-state index contributed by atoms with van der Waals surface area (Å²) in [5.41, 5.74) is -0.353. The Morgan fingerprint density at radius 2 is 1.82 bits per heavy atom. The summed E-state index contributed by atoms with van der Waals surface area (Å²) in [5.74, 6) is -0.951. The minimum absolute atomic E-state index is 0.236. The fourth-order valence-corrected chi connectivity index (χ4v) is 1.79. The van der Waals surface area contributed by atoms with Crippen molar-refractivity contribution in [2.24, 2.45) is 0 Å². The molecule has 0 aromatic heterocycles. The van der Waals surface area contributed by atoms with Crippen LogP contribution in [0.1, 0.15) is 17.3 Å². The minimum atomic E-state index is -0.870. The van der Waals surface area contributed by atoms with Gasteiger partial charge < -0.3 is 10.1 Å². The number of para-hydroxylation sites is 1. The van der Waals surface area contributed by atoms with Gasteiger partial charge in [-0.3, -0.25) is 14.9 Å². The Morgan fingerprint density at radius 1 is 1.14 bits per heavy atom. The molecule has 0 aliphatic heterocycles. The Morgan fingerprint density at radius 3 is 2.41 bits per heavy atom. The van der Waals surface area contributed by atoms with E-state index in [1.807, 2.05) is 0 Å². The first-order chi connectivity index (χ1) is 10.5. The molecule has 0 atom stereocenters. The van der Waals surface area contributed by atoms with Gasteiger partial charge in [-0.05, 0) is 24.3 Å². The maximum absolute atomic E-state index is 12.1. The lowest BCUT2D eigenvalue weighted by molar-refractivity contribution is -0.385. The molecule has 7 nitrogen and oxygen atoms in total. The van der Waals surface area contributed by atoms with Crippen LogP contribution in [0.3, 0.4) is 0 Å². The van der Waals surface area contributed by atoms with Crippen LogP contribution in [-0.2, 0) is 4.79 Å². The predicted molar refractivity (Wildman–Crippen MR) is 78.8 cm³/mol. The third-order valence-corrected chi connectivity index (χ3v) is 2.69. The molecule has 1 amide bonds. The van der Waals surface area contributed by atoms with Crippen molar-refractivity contribution in [1.29, 1.82) is 0 Å². The van der Waals surface area contributed by atoms with Crippen LogP contribution in [-0.4, -0.2) is 16.8 Å². The number of amides is 1. The quantitative estimate of drug-likeness (QED) is 0.405. The van der Waals surface area contributed by atoms with Gasteiger partial charge in [-0.2, -0.15) is 0 Å². The Kier molecular flexibility index (Phi) is 4.47. The maximum Gasteiger partial charge on any atom is 0.350 e. The van der Waals surface area contributed by atoms with Crippen LogP contribution in [0.4, 0.5) is 11.4 Å². The molecule has 0 saturated carbocycles. The molecule has 0 bridgehead atoms. The van der Waals surface area contributed by atoms with Crippen LogP contribution >= 0.6 is 0 Å². The molecule has 112 valence electrons. The molecule has 0 saturated heterocycles. The number of ether oxygens (including phenoxy) is 1. The zero-order valence-corrected chi connectivity index (χ0v) is 11.6. The van der Waals surface area contributed by atoms with E-state index in [0.29, 0.717) is 0 Å². The highest BCUT2D eigenvalue weighted by atomic mass is 16.6. The number of esters is 1. The van der Waals surface area contributed by atoms with E-state index >= 15 is 0 Å². The molecule has 2 rings (SSSR count). The van der Waals surface area contributed by atoms with Crippen molar-refractivity contribution in [2.75, 3.05) is 5.32 Å². The molecule has 1 N–H and O–H groups in total. The van der Waals surface area contributed by atoms with Crippen molar-refractivity contribution in [3.63, 3.8) is 0 Å². The van der Waals surface area contributed by atoms with Gasteiger partial charge in [0.15, 0.2) is 0 Å². The van der Waals surface area contributed by atoms with Crippen molar-refractivity contribution < 1.29 is 19.2 Å². The van der Waals surface area contributed by atoms with E-state index in [2.05, 4.69) is 5.32 Å². The number of nitrogens with zero attached hydrogens (tertiary/aromatic N) is 1. The third kappa shape index (κ3) is 3.66. The molecule has 0 spiro atoms. The van der Waals surface area contributed by atoms with Gasteiger partial charge in [-0.1, -0.05) is 18.2 Å². The van der Waals surface area contributed by atoms with Crippen LogP contribution in [0, 0.1) is 10.1 Å². The summed E-state index contributed by atoms with van der Waals surface area (Å²) in [7, 11) is 0. The smallest absolute Gasteiger partial charge is 0.350 e. The molecular weight excluding hydrogens is 288 g/mol. The number of nitro groups is 1. The first kappa shape index (κ1) is 15.2. The number of anilines is 1. The van der Waals surface area contributed by atoms with Gasteiger partial charge in [-0.25, -0.2) is 4.79 Å². The summed E-state index contributed by atoms with van der Waals surface area (Å²) >= 11 is 0. The van der Waals surface area contributed by atoms with Crippen molar-refractivity contribution >= 4 is 23.3 Å². The number of carbonyl (C=O) groups excluding carboxylic acids is 2. The zero-order chi connectivity index (χ0) is 16.1. The summed E-state index contributed by atoms with van der Waals surface area (Å²) in [4.78, 5) is 33.5.